The third kappa shape index (κ3) is 16.5. The summed E-state index contributed by atoms with van der Waals surface area (Å²) in [5.74, 6) is 1.65. The molecule has 0 heterocycles. The molecular formula is C40H73N2O11PSi2. The van der Waals surface area contributed by atoms with E-state index >= 15 is 0 Å². The zero-order valence-corrected chi connectivity index (χ0v) is 40.8. The standard InChI is InChI=1S/C18H32O3Si.C17H32O4Si.C5H9N2O4P/c1-10-18(13-15(19)20-16(2,3)4)11-14(12-18)21-22(8,9)17(5,6)7;1-15(2,3)20-14(19)11-17(12-18)9-13(10-17)21-22(7,8)16(4,5)6;1-4(8)5(7-6)12(9,10-2)11-3/h1,14H,11-13H2,2-9H3;12-13H,9-11H2,1-8H3;1-3H3. The van der Waals surface area contributed by atoms with Gasteiger partial charge in [0.1, 0.15) is 17.5 Å². The van der Waals surface area contributed by atoms with E-state index in [0.29, 0.717) is 12.8 Å². The summed E-state index contributed by atoms with van der Waals surface area (Å²) in [6.45, 7) is 34.4. The van der Waals surface area contributed by atoms with Gasteiger partial charge in [0.25, 0.3) is 0 Å². The molecule has 2 rings (SSSR count). The van der Waals surface area contributed by atoms with Crippen LogP contribution in [0.5, 0.6) is 0 Å². The Bertz CT molecular complexity index is 1520. The number of hydrogen-bond acceptors (Lipinski definition) is 11. The van der Waals surface area contributed by atoms with Gasteiger partial charge in [-0.15, -0.1) is 6.42 Å². The molecule has 2 saturated carbocycles. The highest BCUT2D eigenvalue weighted by Crippen LogP contribution is 2.50. The molecule has 0 aromatic heterocycles. The number of hydrogen-bond donors (Lipinski definition) is 0. The highest BCUT2D eigenvalue weighted by Gasteiger charge is 2.51. The molecule has 0 bridgehead atoms. The van der Waals surface area contributed by atoms with E-state index in [9.17, 15) is 23.7 Å². The van der Waals surface area contributed by atoms with E-state index in [1.165, 1.54) is 0 Å². The largest absolute Gasteiger partial charge is 0.460 e. The van der Waals surface area contributed by atoms with Crippen LogP contribution in [-0.2, 0) is 51.1 Å². The lowest BCUT2D eigenvalue weighted by Crippen LogP contribution is -2.52. The van der Waals surface area contributed by atoms with Crippen molar-refractivity contribution in [1.82, 2.24) is 0 Å². The van der Waals surface area contributed by atoms with Crippen molar-refractivity contribution < 1.29 is 55.9 Å². The number of aldehydes is 1. The first-order valence-electron chi connectivity index (χ1n) is 19.1. The van der Waals surface area contributed by atoms with Crippen LogP contribution < -0.4 is 0 Å². The van der Waals surface area contributed by atoms with Crippen molar-refractivity contribution in [3.05, 3.63) is 5.53 Å². The Balaban J connectivity index is 0.000000849. The van der Waals surface area contributed by atoms with Gasteiger partial charge in [0, 0.05) is 44.2 Å². The van der Waals surface area contributed by atoms with Crippen molar-refractivity contribution in [2.24, 2.45) is 10.8 Å². The van der Waals surface area contributed by atoms with Gasteiger partial charge >= 0.3 is 25.0 Å². The SMILES string of the molecule is C#CC1(CC(=O)OC(C)(C)C)CC(O[Si](C)(C)C(C)(C)C)C1.CC(C)(C)OC(=O)CC1(C=O)CC(O[Si](C)(C)C(C)(C)C)C1.COP(=O)(OC)C(=[N+]=[N-])C(C)=O. The Hall–Kier alpha value is -2.28. The average Bonchev–Trinajstić information content (AvgIpc) is 2.96. The van der Waals surface area contributed by atoms with Crippen molar-refractivity contribution in [3.63, 3.8) is 0 Å². The lowest BCUT2D eigenvalue weighted by Gasteiger charge is -2.49. The third-order valence-corrected chi connectivity index (χ3v) is 21.5. The predicted molar refractivity (Wildman–Crippen MR) is 224 cm³/mol. The summed E-state index contributed by atoms with van der Waals surface area (Å²) >= 11 is 0. The van der Waals surface area contributed by atoms with Gasteiger partial charge in [-0.2, -0.15) is 4.79 Å². The Kier molecular flexibility index (Phi) is 18.9. The maximum atomic E-state index is 12.0. The topological polar surface area (TPSA) is 177 Å². The second-order valence-corrected chi connectivity index (χ2v) is 31.8. The molecule has 56 heavy (non-hydrogen) atoms. The smallest absolute Gasteiger partial charge is 0.446 e. The van der Waals surface area contributed by atoms with Crippen LogP contribution in [0, 0.1) is 23.2 Å². The number of Topliss-reactive ketones (excluding diaryl/α,β-unsaturated/α-hetero) is 1. The van der Waals surface area contributed by atoms with Gasteiger partial charge in [0.05, 0.1) is 12.8 Å². The molecule has 0 unspecified atom stereocenters. The van der Waals surface area contributed by atoms with E-state index in [0.717, 1.165) is 40.3 Å². The summed E-state index contributed by atoms with van der Waals surface area (Å²) < 4.78 is 43.6. The van der Waals surface area contributed by atoms with Gasteiger partial charge in [-0.25, -0.2) is 4.57 Å². The molecule has 0 atom stereocenters. The summed E-state index contributed by atoms with van der Waals surface area (Å²) in [6, 6.07) is 0. The quantitative estimate of drug-likeness (QED) is 0.0252. The maximum Gasteiger partial charge on any atom is 0.446 e. The second-order valence-electron chi connectivity index (χ2n) is 20.1. The second kappa shape index (κ2) is 19.7. The van der Waals surface area contributed by atoms with E-state index in [2.05, 4.69) is 87.5 Å². The van der Waals surface area contributed by atoms with Crippen LogP contribution in [0.15, 0.2) is 0 Å². The number of carbonyl (C=O) groups excluding carboxylic acids is 4. The van der Waals surface area contributed by atoms with Gasteiger partial charge in [-0.1, -0.05) is 47.5 Å². The number of carbonyl (C=O) groups is 4. The summed E-state index contributed by atoms with van der Waals surface area (Å²) in [7, 11) is -5.10. The maximum absolute atomic E-state index is 12.0. The van der Waals surface area contributed by atoms with Crippen molar-refractivity contribution in [2.45, 2.75) is 188 Å². The summed E-state index contributed by atoms with van der Waals surface area (Å²) in [5.41, 5.74) is 5.78. The number of ether oxygens (including phenoxy) is 2. The molecule has 0 aromatic rings. The Morgan fingerprint density at radius 1 is 0.768 bits per heavy atom. The zero-order chi connectivity index (χ0) is 44.6. The summed E-state index contributed by atoms with van der Waals surface area (Å²) in [6.07, 6.45) is 10.1. The molecule has 2 aliphatic carbocycles. The first-order valence-corrected chi connectivity index (χ1v) is 26.5. The Labute approximate surface area is 339 Å². The monoisotopic (exact) mass is 844 g/mol. The van der Waals surface area contributed by atoms with Gasteiger partial charge in [0.15, 0.2) is 16.6 Å². The fourth-order valence-electron chi connectivity index (χ4n) is 5.49. The minimum Gasteiger partial charge on any atom is -0.460 e. The molecule has 2 fully saturated rings. The van der Waals surface area contributed by atoms with Gasteiger partial charge < -0.3 is 37.7 Å². The minimum absolute atomic E-state index is 0.0912. The van der Waals surface area contributed by atoms with Crippen LogP contribution >= 0.6 is 7.60 Å². The lowest BCUT2D eigenvalue weighted by molar-refractivity contribution is -0.163. The van der Waals surface area contributed by atoms with Crippen molar-refractivity contribution in [1.29, 1.82) is 0 Å². The molecule has 0 aromatic carbocycles. The van der Waals surface area contributed by atoms with Crippen molar-refractivity contribution >= 4 is 53.7 Å². The fraction of sp³-hybridized carbons (Fsp3) is 0.825. The van der Waals surface area contributed by atoms with Crippen LogP contribution in [0.4, 0.5) is 0 Å². The molecule has 0 aliphatic heterocycles. The number of rotatable bonds is 13. The molecule has 0 spiro atoms. The molecule has 0 saturated heterocycles. The molecule has 13 nitrogen and oxygen atoms in total. The lowest BCUT2D eigenvalue weighted by atomic mass is 9.65. The van der Waals surface area contributed by atoms with Crippen LogP contribution in [0.3, 0.4) is 0 Å². The minimum atomic E-state index is -3.70. The number of terminal acetylenes is 1. The molecule has 2 aliphatic rings. The van der Waals surface area contributed by atoms with E-state index in [-0.39, 0.29) is 52.5 Å². The zero-order valence-electron chi connectivity index (χ0n) is 37.9. The molecule has 322 valence electrons. The first-order chi connectivity index (χ1) is 24.9. The van der Waals surface area contributed by atoms with Crippen molar-refractivity contribution in [2.75, 3.05) is 14.2 Å². The Morgan fingerprint density at radius 2 is 1.12 bits per heavy atom. The summed E-state index contributed by atoms with van der Waals surface area (Å²) in [5, 5.41) is 0.337. The highest BCUT2D eigenvalue weighted by atomic mass is 31.2. The normalized spacial score (nSPS) is 22.8. The van der Waals surface area contributed by atoms with Crippen LogP contribution in [0.1, 0.15) is 129 Å². The molecule has 0 amide bonds. The number of esters is 2. The van der Waals surface area contributed by atoms with E-state index in [1.807, 2.05) is 41.5 Å². The third-order valence-electron chi connectivity index (χ3n) is 10.6. The predicted octanol–water partition coefficient (Wildman–Crippen LogP) is 9.30. The highest BCUT2D eigenvalue weighted by molar-refractivity contribution is 7.74. The van der Waals surface area contributed by atoms with Crippen LogP contribution in [0.25, 0.3) is 5.53 Å². The fourth-order valence-corrected chi connectivity index (χ4v) is 9.19. The van der Waals surface area contributed by atoms with E-state index in [4.69, 9.17) is 30.3 Å². The van der Waals surface area contributed by atoms with Crippen LogP contribution in [-0.4, -0.2) is 88.5 Å². The first kappa shape index (κ1) is 53.7. The van der Waals surface area contributed by atoms with Gasteiger partial charge in [-0.3, -0.25) is 14.4 Å². The number of ketones is 1. The molecule has 16 heteroatoms. The summed E-state index contributed by atoms with van der Waals surface area (Å²) in [4.78, 5) is 48.7. The molecule has 0 N–H and O–H groups in total. The molecule has 0 radical (unpaired) electrons. The Morgan fingerprint density at radius 3 is 1.38 bits per heavy atom. The van der Waals surface area contributed by atoms with Gasteiger partial charge in [-0.05, 0) is 103 Å². The van der Waals surface area contributed by atoms with Crippen LogP contribution in [0.2, 0.25) is 36.3 Å². The van der Waals surface area contributed by atoms with Gasteiger partial charge in [0.2, 0.25) is 5.78 Å². The van der Waals surface area contributed by atoms with E-state index < -0.39 is 52.1 Å². The number of nitrogens with zero attached hydrogens (tertiary/aromatic N) is 2. The average molecular weight is 845 g/mol. The molecular weight excluding hydrogens is 772 g/mol. The van der Waals surface area contributed by atoms with E-state index in [1.54, 1.807) is 0 Å². The van der Waals surface area contributed by atoms with Crippen molar-refractivity contribution in [3.8, 4) is 12.3 Å².